The molecule has 0 bridgehead atoms. The SMILES string of the molecule is CC(C)(C)c1cc(-c2ccccc2)cc(-c2ccc(Br)cc2)c1. The highest BCUT2D eigenvalue weighted by molar-refractivity contribution is 9.10. The van der Waals surface area contributed by atoms with Crippen LogP contribution in [0.3, 0.4) is 0 Å². The fourth-order valence-corrected chi connectivity index (χ4v) is 2.93. The molecule has 3 aromatic rings. The van der Waals surface area contributed by atoms with E-state index in [1.165, 1.54) is 27.8 Å². The van der Waals surface area contributed by atoms with Crippen LogP contribution in [0.1, 0.15) is 26.3 Å². The lowest BCUT2D eigenvalue weighted by Gasteiger charge is -2.21. The Labute approximate surface area is 147 Å². The minimum Gasteiger partial charge on any atom is -0.0622 e. The van der Waals surface area contributed by atoms with Gasteiger partial charge in [-0.2, -0.15) is 0 Å². The zero-order valence-electron chi connectivity index (χ0n) is 13.8. The van der Waals surface area contributed by atoms with E-state index in [-0.39, 0.29) is 5.41 Å². The van der Waals surface area contributed by atoms with Crippen molar-refractivity contribution < 1.29 is 0 Å². The number of halogens is 1. The van der Waals surface area contributed by atoms with E-state index < -0.39 is 0 Å². The lowest BCUT2D eigenvalue weighted by Crippen LogP contribution is -2.11. The molecular weight excluding hydrogens is 344 g/mol. The number of hydrogen-bond acceptors (Lipinski definition) is 0. The summed E-state index contributed by atoms with van der Waals surface area (Å²) >= 11 is 3.52. The molecule has 1 heteroatoms. The van der Waals surface area contributed by atoms with Crippen LogP contribution in [-0.2, 0) is 5.41 Å². The molecule has 0 N–H and O–H groups in total. The lowest BCUT2D eigenvalue weighted by atomic mass is 9.83. The van der Waals surface area contributed by atoms with Crippen LogP contribution < -0.4 is 0 Å². The third-order valence-electron chi connectivity index (χ3n) is 4.08. The van der Waals surface area contributed by atoms with E-state index in [9.17, 15) is 0 Å². The van der Waals surface area contributed by atoms with Gasteiger partial charge in [0.1, 0.15) is 0 Å². The summed E-state index contributed by atoms with van der Waals surface area (Å²) in [5.74, 6) is 0. The van der Waals surface area contributed by atoms with Crippen molar-refractivity contribution in [2.45, 2.75) is 26.2 Å². The van der Waals surface area contributed by atoms with Gasteiger partial charge in [0.2, 0.25) is 0 Å². The number of hydrogen-bond donors (Lipinski definition) is 0. The Hall–Kier alpha value is -1.86. The molecule has 0 aromatic heterocycles. The monoisotopic (exact) mass is 364 g/mol. The molecule has 0 amide bonds. The number of rotatable bonds is 2. The standard InChI is InChI=1S/C22H21Br/c1-22(2,3)20-14-18(16-7-5-4-6-8-16)13-19(15-20)17-9-11-21(23)12-10-17/h4-15H,1-3H3. The van der Waals surface area contributed by atoms with Gasteiger partial charge in [-0.1, -0.05) is 91.3 Å². The summed E-state index contributed by atoms with van der Waals surface area (Å²) in [6.45, 7) is 6.80. The third-order valence-corrected chi connectivity index (χ3v) is 4.61. The summed E-state index contributed by atoms with van der Waals surface area (Å²) in [4.78, 5) is 0. The maximum Gasteiger partial charge on any atom is 0.0175 e. The average molecular weight is 365 g/mol. The lowest BCUT2D eigenvalue weighted by molar-refractivity contribution is 0.590. The zero-order chi connectivity index (χ0) is 16.4. The van der Waals surface area contributed by atoms with Crippen LogP contribution in [-0.4, -0.2) is 0 Å². The smallest absolute Gasteiger partial charge is 0.0175 e. The molecular formula is C22H21Br. The van der Waals surface area contributed by atoms with Gasteiger partial charge in [0.25, 0.3) is 0 Å². The van der Waals surface area contributed by atoms with Crippen LogP contribution in [0.4, 0.5) is 0 Å². The fourth-order valence-electron chi connectivity index (χ4n) is 2.67. The summed E-state index contributed by atoms with van der Waals surface area (Å²) in [5, 5.41) is 0. The van der Waals surface area contributed by atoms with Crippen molar-refractivity contribution in [3.63, 3.8) is 0 Å². The van der Waals surface area contributed by atoms with Crippen molar-refractivity contribution in [3.8, 4) is 22.3 Å². The highest BCUT2D eigenvalue weighted by atomic mass is 79.9. The van der Waals surface area contributed by atoms with Crippen LogP contribution in [0.25, 0.3) is 22.3 Å². The van der Waals surface area contributed by atoms with Gasteiger partial charge in [-0.15, -0.1) is 0 Å². The van der Waals surface area contributed by atoms with E-state index in [1.54, 1.807) is 0 Å². The Bertz CT molecular complexity index is 794. The predicted octanol–water partition coefficient (Wildman–Crippen LogP) is 7.08. The van der Waals surface area contributed by atoms with Crippen molar-refractivity contribution >= 4 is 15.9 Å². The molecule has 23 heavy (non-hydrogen) atoms. The second kappa shape index (κ2) is 6.33. The van der Waals surface area contributed by atoms with E-state index in [0.717, 1.165) is 4.47 Å². The molecule has 0 spiro atoms. The first-order valence-corrected chi connectivity index (χ1v) is 8.70. The van der Waals surface area contributed by atoms with Crippen LogP contribution >= 0.6 is 15.9 Å². The Morgan fingerprint density at radius 3 is 1.65 bits per heavy atom. The molecule has 0 fully saturated rings. The van der Waals surface area contributed by atoms with E-state index in [2.05, 4.69) is 109 Å². The summed E-state index contributed by atoms with van der Waals surface area (Å²) in [7, 11) is 0. The molecule has 0 atom stereocenters. The first-order chi connectivity index (χ1) is 10.9. The third kappa shape index (κ3) is 3.73. The van der Waals surface area contributed by atoms with Crippen LogP contribution in [0.15, 0.2) is 77.3 Å². The molecule has 0 radical (unpaired) electrons. The van der Waals surface area contributed by atoms with Crippen LogP contribution in [0.5, 0.6) is 0 Å². The minimum absolute atomic E-state index is 0.120. The molecule has 3 aromatic carbocycles. The normalized spacial score (nSPS) is 11.5. The van der Waals surface area contributed by atoms with E-state index in [4.69, 9.17) is 0 Å². The Morgan fingerprint density at radius 1 is 0.609 bits per heavy atom. The van der Waals surface area contributed by atoms with E-state index in [1.807, 2.05) is 0 Å². The van der Waals surface area contributed by atoms with E-state index >= 15 is 0 Å². The first-order valence-electron chi connectivity index (χ1n) is 7.90. The average Bonchev–Trinajstić information content (AvgIpc) is 2.55. The maximum absolute atomic E-state index is 3.52. The second-order valence-electron chi connectivity index (χ2n) is 6.92. The highest BCUT2D eigenvalue weighted by Gasteiger charge is 2.16. The molecule has 0 saturated carbocycles. The molecule has 0 nitrogen and oxygen atoms in total. The fraction of sp³-hybridized carbons (Fsp3) is 0.182. The molecule has 0 aliphatic rings. The van der Waals surface area contributed by atoms with Gasteiger partial charge in [0.15, 0.2) is 0 Å². The minimum atomic E-state index is 0.120. The Morgan fingerprint density at radius 2 is 1.13 bits per heavy atom. The van der Waals surface area contributed by atoms with Gasteiger partial charge in [0.05, 0.1) is 0 Å². The van der Waals surface area contributed by atoms with Crippen molar-refractivity contribution in [3.05, 3.63) is 82.8 Å². The predicted molar refractivity (Wildman–Crippen MR) is 104 cm³/mol. The molecule has 0 aliphatic heterocycles. The van der Waals surface area contributed by atoms with Gasteiger partial charge in [-0.05, 0) is 51.4 Å². The molecule has 0 saturated heterocycles. The summed E-state index contributed by atoms with van der Waals surface area (Å²) in [6, 6.07) is 26.1. The molecule has 0 aliphatic carbocycles. The van der Waals surface area contributed by atoms with Gasteiger partial charge in [-0.3, -0.25) is 0 Å². The topological polar surface area (TPSA) is 0 Å². The molecule has 0 unspecified atom stereocenters. The summed E-state index contributed by atoms with van der Waals surface area (Å²) < 4.78 is 1.11. The highest BCUT2D eigenvalue weighted by Crippen LogP contribution is 2.33. The van der Waals surface area contributed by atoms with Crippen LogP contribution in [0.2, 0.25) is 0 Å². The zero-order valence-corrected chi connectivity index (χ0v) is 15.4. The van der Waals surface area contributed by atoms with Crippen molar-refractivity contribution in [2.24, 2.45) is 0 Å². The summed E-state index contributed by atoms with van der Waals surface area (Å²) in [6.07, 6.45) is 0. The molecule has 3 rings (SSSR count). The second-order valence-corrected chi connectivity index (χ2v) is 7.84. The van der Waals surface area contributed by atoms with Gasteiger partial charge in [-0.25, -0.2) is 0 Å². The first kappa shape index (κ1) is 16.0. The molecule has 0 heterocycles. The number of benzene rings is 3. The van der Waals surface area contributed by atoms with Gasteiger partial charge >= 0.3 is 0 Å². The van der Waals surface area contributed by atoms with Gasteiger partial charge < -0.3 is 0 Å². The van der Waals surface area contributed by atoms with Crippen molar-refractivity contribution in [1.82, 2.24) is 0 Å². The van der Waals surface area contributed by atoms with Crippen LogP contribution in [0, 0.1) is 0 Å². The Kier molecular flexibility index (Phi) is 4.41. The summed E-state index contributed by atoms with van der Waals surface area (Å²) in [5.41, 5.74) is 6.53. The maximum atomic E-state index is 3.52. The van der Waals surface area contributed by atoms with Gasteiger partial charge in [0, 0.05) is 4.47 Å². The van der Waals surface area contributed by atoms with Crippen molar-refractivity contribution in [2.75, 3.05) is 0 Å². The largest absolute Gasteiger partial charge is 0.0622 e. The molecule has 116 valence electrons. The van der Waals surface area contributed by atoms with Crippen molar-refractivity contribution in [1.29, 1.82) is 0 Å². The van der Waals surface area contributed by atoms with E-state index in [0.29, 0.717) is 0 Å². The quantitative estimate of drug-likeness (QED) is 0.455. The Balaban J connectivity index is 2.18.